The van der Waals surface area contributed by atoms with Crippen LogP contribution in [0.25, 0.3) is 0 Å². The molecule has 0 saturated carbocycles. The SMILES string of the molecule is C[C@H](NC(=O)[C@H](CCCNC(=N)N)NC(=O)[C@H](CCC(=O)O)NC(=O)[C@@H](N)CS)C(=O)N[C@@H](CC(N)=O)C(=O)N[C@@H](CS)C(=O)O. The number of thiol groups is 2. The highest BCUT2D eigenvalue weighted by Gasteiger charge is 2.32. The molecule has 22 heteroatoms. The summed E-state index contributed by atoms with van der Waals surface area (Å²) < 4.78 is 0. The number of aliphatic carboxylic acids is 2. The van der Waals surface area contributed by atoms with Crippen LogP contribution >= 0.6 is 25.3 Å². The summed E-state index contributed by atoms with van der Waals surface area (Å²) in [6.07, 6.45) is -1.52. The lowest BCUT2D eigenvalue weighted by atomic mass is 10.1. The summed E-state index contributed by atoms with van der Waals surface area (Å²) in [5.74, 6) is -9.10. The third-order valence-electron chi connectivity index (χ3n) is 6.02. The number of guanidine groups is 1. The number of rotatable bonds is 22. The Kier molecular flexibility index (Phi) is 19.4. The van der Waals surface area contributed by atoms with Gasteiger partial charge in [0, 0.05) is 24.5 Å². The molecule has 0 aliphatic carbocycles. The first-order valence-corrected chi connectivity index (χ1v) is 15.0. The fourth-order valence-electron chi connectivity index (χ4n) is 3.51. The van der Waals surface area contributed by atoms with Crippen molar-refractivity contribution in [2.75, 3.05) is 18.1 Å². The zero-order valence-electron chi connectivity index (χ0n) is 24.9. The Labute approximate surface area is 274 Å². The third-order valence-corrected chi connectivity index (χ3v) is 6.78. The first kappa shape index (κ1) is 41.7. The number of hydrogen-bond donors (Lipinski definition) is 14. The number of carboxylic acid groups (broad SMARTS) is 2. The predicted molar refractivity (Wildman–Crippen MR) is 168 cm³/mol. The van der Waals surface area contributed by atoms with Crippen molar-refractivity contribution in [2.24, 2.45) is 17.2 Å². The van der Waals surface area contributed by atoms with Crippen LogP contribution in [-0.4, -0.2) is 118 Å². The predicted octanol–water partition coefficient (Wildman–Crippen LogP) is -5.29. The van der Waals surface area contributed by atoms with Crippen LogP contribution in [0.1, 0.15) is 39.0 Å². The summed E-state index contributed by atoms with van der Waals surface area (Å²) in [6, 6.07) is -8.34. The molecule has 0 aromatic heterocycles. The van der Waals surface area contributed by atoms with Crippen LogP contribution in [0.2, 0.25) is 0 Å². The molecule has 0 unspecified atom stereocenters. The van der Waals surface area contributed by atoms with Gasteiger partial charge in [0.25, 0.3) is 0 Å². The number of amides is 6. The van der Waals surface area contributed by atoms with E-state index in [-0.39, 0.29) is 43.3 Å². The quantitative estimate of drug-likeness (QED) is 0.0218. The van der Waals surface area contributed by atoms with E-state index in [1.54, 1.807) is 0 Å². The van der Waals surface area contributed by atoms with Gasteiger partial charge in [0.1, 0.15) is 30.2 Å². The molecule has 0 spiro atoms. The second kappa shape index (κ2) is 21.4. The van der Waals surface area contributed by atoms with Gasteiger partial charge in [0.05, 0.1) is 12.5 Å². The lowest BCUT2D eigenvalue weighted by Gasteiger charge is -2.25. The molecule has 0 radical (unpaired) electrons. The first-order chi connectivity index (χ1) is 21.4. The fraction of sp³-hybridized carbons (Fsp3) is 0.625. The minimum absolute atomic E-state index is 0.0788. The summed E-state index contributed by atoms with van der Waals surface area (Å²) in [5.41, 5.74) is 16.0. The minimum atomic E-state index is -1.61. The maximum absolute atomic E-state index is 13.2. The van der Waals surface area contributed by atoms with Crippen molar-refractivity contribution in [3.8, 4) is 0 Å². The molecule has 46 heavy (non-hydrogen) atoms. The van der Waals surface area contributed by atoms with Gasteiger partial charge < -0.3 is 59.3 Å². The molecule has 0 heterocycles. The van der Waals surface area contributed by atoms with E-state index >= 15 is 0 Å². The Morgan fingerprint density at radius 1 is 0.717 bits per heavy atom. The van der Waals surface area contributed by atoms with Crippen molar-refractivity contribution in [3.63, 3.8) is 0 Å². The van der Waals surface area contributed by atoms with E-state index in [4.69, 9.17) is 32.8 Å². The molecule has 20 nitrogen and oxygen atoms in total. The largest absolute Gasteiger partial charge is 0.481 e. The summed E-state index contributed by atoms with van der Waals surface area (Å²) in [4.78, 5) is 97.9. The zero-order valence-corrected chi connectivity index (χ0v) is 26.7. The number of primary amides is 1. The molecule has 6 amide bonds. The number of carbonyl (C=O) groups is 8. The van der Waals surface area contributed by atoms with E-state index in [9.17, 15) is 38.4 Å². The molecular formula is C24H42N10O10S2. The van der Waals surface area contributed by atoms with Crippen LogP contribution < -0.4 is 49.1 Å². The second-order valence-electron chi connectivity index (χ2n) is 9.87. The van der Waals surface area contributed by atoms with Crippen LogP contribution in [0, 0.1) is 5.41 Å². The summed E-state index contributed by atoms with van der Waals surface area (Å²) >= 11 is 7.74. The lowest BCUT2D eigenvalue weighted by molar-refractivity contribution is -0.141. The molecule has 6 atom stereocenters. The van der Waals surface area contributed by atoms with Crippen LogP contribution in [-0.2, 0) is 38.4 Å². The van der Waals surface area contributed by atoms with Crippen LogP contribution in [0.4, 0.5) is 0 Å². The highest BCUT2D eigenvalue weighted by Crippen LogP contribution is 2.05. The van der Waals surface area contributed by atoms with E-state index in [0.29, 0.717) is 0 Å². The lowest BCUT2D eigenvalue weighted by Crippen LogP contribution is -2.59. The highest BCUT2D eigenvalue weighted by molar-refractivity contribution is 7.80. The molecule has 0 saturated heterocycles. The highest BCUT2D eigenvalue weighted by atomic mass is 32.1. The summed E-state index contributed by atoms with van der Waals surface area (Å²) in [7, 11) is 0. The van der Waals surface area contributed by atoms with Crippen molar-refractivity contribution in [1.29, 1.82) is 5.41 Å². The topological polar surface area (TPSA) is 351 Å². The van der Waals surface area contributed by atoms with Gasteiger partial charge in [-0.05, 0) is 26.2 Å². The summed E-state index contributed by atoms with van der Waals surface area (Å²) in [5, 5.41) is 39.4. The Bertz CT molecular complexity index is 1140. The number of hydrogen-bond acceptors (Lipinski definition) is 12. The van der Waals surface area contributed by atoms with E-state index < -0.39 is 96.5 Å². The van der Waals surface area contributed by atoms with Gasteiger partial charge in [-0.1, -0.05) is 0 Å². The smallest absolute Gasteiger partial charge is 0.327 e. The minimum Gasteiger partial charge on any atom is -0.481 e. The zero-order chi connectivity index (χ0) is 35.6. The van der Waals surface area contributed by atoms with Gasteiger partial charge in [-0.25, -0.2) is 4.79 Å². The average molecular weight is 695 g/mol. The molecule has 0 aromatic carbocycles. The van der Waals surface area contributed by atoms with Crippen molar-refractivity contribution >= 4 is 78.6 Å². The van der Waals surface area contributed by atoms with Gasteiger partial charge in [-0.15, -0.1) is 0 Å². The maximum atomic E-state index is 13.2. The third kappa shape index (κ3) is 16.7. The molecule has 0 bridgehead atoms. The van der Waals surface area contributed by atoms with Gasteiger partial charge in [-0.2, -0.15) is 25.3 Å². The first-order valence-electron chi connectivity index (χ1n) is 13.7. The van der Waals surface area contributed by atoms with Crippen molar-refractivity contribution in [2.45, 2.75) is 75.3 Å². The van der Waals surface area contributed by atoms with Gasteiger partial charge in [-0.3, -0.25) is 39.0 Å². The van der Waals surface area contributed by atoms with E-state index in [1.165, 1.54) is 6.92 Å². The molecule has 0 aliphatic heterocycles. The number of nitrogens with one attached hydrogen (secondary N) is 7. The molecule has 0 rings (SSSR count). The van der Waals surface area contributed by atoms with E-state index in [0.717, 1.165) is 0 Å². The van der Waals surface area contributed by atoms with Crippen molar-refractivity contribution < 1.29 is 48.6 Å². The Morgan fingerprint density at radius 2 is 1.22 bits per heavy atom. The van der Waals surface area contributed by atoms with E-state index in [1.807, 2.05) is 0 Å². The normalized spacial score (nSPS) is 14.5. The van der Waals surface area contributed by atoms with Gasteiger partial charge in [0.2, 0.25) is 35.4 Å². The van der Waals surface area contributed by atoms with Crippen molar-refractivity contribution in [3.05, 3.63) is 0 Å². The molecule has 260 valence electrons. The monoisotopic (exact) mass is 694 g/mol. The number of carbonyl (C=O) groups excluding carboxylic acids is 6. The molecular weight excluding hydrogens is 652 g/mol. The molecule has 0 aliphatic rings. The molecule has 0 aromatic rings. The Balaban J connectivity index is 5.86. The van der Waals surface area contributed by atoms with E-state index in [2.05, 4.69) is 57.2 Å². The maximum Gasteiger partial charge on any atom is 0.327 e. The molecule has 15 N–H and O–H groups in total. The summed E-state index contributed by atoms with van der Waals surface area (Å²) in [6.45, 7) is 1.32. The Hall–Kier alpha value is -4.31. The van der Waals surface area contributed by atoms with Crippen LogP contribution in [0.3, 0.4) is 0 Å². The molecule has 0 fully saturated rings. The van der Waals surface area contributed by atoms with Crippen molar-refractivity contribution in [1.82, 2.24) is 31.9 Å². The second-order valence-corrected chi connectivity index (χ2v) is 10.6. The fourth-order valence-corrected chi connectivity index (χ4v) is 3.93. The van der Waals surface area contributed by atoms with Crippen LogP contribution in [0.5, 0.6) is 0 Å². The standard InChI is InChI=1S/C24H42N10O10S2/c1-10(18(38)33-14(7-16(26)35)22(42)34-15(9-46)23(43)44)30-20(40)12(3-2-6-29-24(27)28)32-21(41)13(4-5-17(36)37)31-19(39)11(25)8-45/h10-15,45-46H,2-9,25H2,1H3,(H2,26,35)(H,30,40)(H,31,39)(H,32,41)(H,33,38)(H,34,42)(H,36,37)(H,43,44)(H4,27,28,29)/t10-,11-,12-,13-,14-,15-/m0/s1. The van der Waals surface area contributed by atoms with Gasteiger partial charge >= 0.3 is 11.9 Å². The number of nitrogens with two attached hydrogens (primary N) is 3. The van der Waals surface area contributed by atoms with Crippen LogP contribution in [0.15, 0.2) is 0 Å². The van der Waals surface area contributed by atoms with Gasteiger partial charge in [0.15, 0.2) is 5.96 Å². The number of carboxylic acids is 2. The Morgan fingerprint density at radius 3 is 1.72 bits per heavy atom. The average Bonchev–Trinajstić information content (AvgIpc) is 2.97.